The van der Waals surface area contributed by atoms with Crippen LogP contribution < -0.4 is 4.74 Å². The van der Waals surface area contributed by atoms with Crippen LogP contribution in [-0.2, 0) is 6.61 Å². The summed E-state index contributed by atoms with van der Waals surface area (Å²) in [6.07, 6.45) is 3.58. The number of aryl methyl sites for hydroxylation is 1. The Labute approximate surface area is 135 Å². The average Bonchev–Trinajstić information content (AvgIpc) is 2.61. The van der Waals surface area contributed by atoms with Crippen LogP contribution in [0.5, 0.6) is 5.75 Å². The van der Waals surface area contributed by atoms with Crippen LogP contribution in [0.3, 0.4) is 0 Å². The van der Waals surface area contributed by atoms with Crippen molar-refractivity contribution in [3.8, 4) is 22.9 Å². The number of hydrogen-bond donors (Lipinski definition) is 0. The molecule has 112 valence electrons. The number of hydrogen-bond acceptors (Lipinski definition) is 3. The molecule has 0 saturated carbocycles. The van der Waals surface area contributed by atoms with E-state index in [1.54, 1.807) is 6.20 Å². The zero-order valence-corrected chi connectivity index (χ0v) is 12.9. The third-order valence-corrected chi connectivity index (χ3v) is 3.69. The molecule has 0 aliphatic rings. The summed E-state index contributed by atoms with van der Waals surface area (Å²) in [6, 6.07) is 19.7. The number of aromatic nitrogens is 1. The normalized spacial score (nSPS) is 10.1. The van der Waals surface area contributed by atoms with Crippen molar-refractivity contribution in [2.45, 2.75) is 13.5 Å². The van der Waals surface area contributed by atoms with E-state index >= 15 is 0 Å². The molecule has 1 heterocycles. The molecular formula is C20H16N2O. The third kappa shape index (κ3) is 3.38. The van der Waals surface area contributed by atoms with E-state index < -0.39 is 0 Å². The maximum Gasteiger partial charge on any atom is 0.137 e. The van der Waals surface area contributed by atoms with Gasteiger partial charge in [0.05, 0.1) is 5.56 Å². The van der Waals surface area contributed by atoms with Gasteiger partial charge in [-0.05, 0) is 41.8 Å². The molecule has 3 nitrogen and oxygen atoms in total. The molecule has 0 aliphatic carbocycles. The number of pyridine rings is 1. The Morgan fingerprint density at radius 1 is 1.09 bits per heavy atom. The fourth-order valence-corrected chi connectivity index (χ4v) is 2.41. The smallest absolute Gasteiger partial charge is 0.137 e. The molecule has 0 spiro atoms. The number of benzene rings is 2. The molecule has 2 aromatic carbocycles. The summed E-state index contributed by atoms with van der Waals surface area (Å²) in [5.41, 5.74) is 4.73. The Morgan fingerprint density at radius 3 is 2.65 bits per heavy atom. The SMILES string of the molecule is Cc1ccncc1-c1ccc(OCc2ccccc2)c(C#N)c1. The van der Waals surface area contributed by atoms with Crippen molar-refractivity contribution in [1.29, 1.82) is 5.26 Å². The lowest BCUT2D eigenvalue weighted by atomic mass is 10.0. The predicted octanol–water partition coefficient (Wildman–Crippen LogP) is 4.51. The van der Waals surface area contributed by atoms with E-state index in [2.05, 4.69) is 11.1 Å². The number of nitrogens with zero attached hydrogens (tertiary/aromatic N) is 2. The van der Waals surface area contributed by atoms with Crippen LogP contribution in [0.15, 0.2) is 67.0 Å². The van der Waals surface area contributed by atoms with Gasteiger partial charge in [-0.15, -0.1) is 0 Å². The standard InChI is InChI=1S/C20H16N2O/c1-15-9-10-22-13-19(15)17-7-8-20(18(11-17)12-21)23-14-16-5-3-2-4-6-16/h2-11,13H,14H2,1H3. The summed E-state index contributed by atoms with van der Waals surface area (Å²) in [6.45, 7) is 2.48. The fourth-order valence-electron chi connectivity index (χ4n) is 2.41. The highest BCUT2D eigenvalue weighted by atomic mass is 16.5. The van der Waals surface area contributed by atoms with Crippen molar-refractivity contribution in [2.24, 2.45) is 0 Å². The monoisotopic (exact) mass is 300 g/mol. The second-order valence-electron chi connectivity index (χ2n) is 5.29. The van der Waals surface area contributed by atoms with Crippen molar-refractivity contribution in [1.82, 2.24) is 4.98 Å². The van der Waals surface area contributed by atoms with Gasteiger partial charge in [0.2, 0.25) is 0 Å². The van der Waals surface area contributed by atoms with E-state index in [9.17, 15) is 5.26 Å². The number of nitriles is 1. The van der Waals surface area contributed by atoms with Crippen LogP contribution in [0.1, 0.15) is 16.7 Å². The van der Waals surface area contributed by atoms with Gasteiger partial charge in [0.25, 0.3) is 0 Å². The van der Waals surface area contributed by atoms with Crippen LogP contribution in [0.4, 0.5) is 0 Å². The summed E-state index contributed by atoms with van der Waals surface area (Å²) < 4.78 is 5.80. The molecule has 23 heavy (non-hydrogen) atoms. The third-order valence-electron chi connectivity index (χ3n) is 3.69. The first-order valence-corrected chi connectivity index (χ1v) is 7.40. The highest BCUT2D eigenvalue weighted by Crippen LogP contribution is 2.28. The maximum atomic E-state index is 9.41. The van der Waals surface area contributed by atoms with E-state index in [1.165, 1.54) is 0 Å². The summed E-state index contributed by atoms with van der Waals surface area (Å²) in [4.78, 5) is 4.16. The quantitative estimate of drug-likeness (QED) is 0.712. The van der Waals surface area contributed by atoms with E-state index in [4.69, 9.17) is 4.74 Å². The average molecular weight is 300 g/mol. The van der Waals surface area contributed by atoms with Crippen molar-refractivity contribution in [2.75, 3.05) is 0 Å². The van der Waals surface area contributed by atoms with E-state index in [0.717, 1.165) is 22.3 Å². The van der Waals surface area contributed by atoms with Gasteiger partial charge in [0.1, 0.15) is 18.4 Å². The Balaban J connectivity index is 1.86. The Morgan fingerprint density at radius 2 is 1.91 bits per heavy atom. The van der Waals surface area contributed by atoms with E-state index in [1.807, 2.05) is 67.7 Å². The van der Waals surface area contributed by atoms with Gasteiger partial charge in [-0.2, -0.15) is 5.26 Å². The summed E-state index contributed by atoms with van der Waals surface area (Å²) in [7, 11) is 0. The lowest BCUT2D eigenvalue weighted by Crippen LogP contribution is -1.97. The van der Waals surface area contributed by atoms with Gasteiger partial charge in [0.15, 0.2) is 0 Å². The van der Waals surface area contributed by atoms with Gasteiger partial charge < -0.3 is 4.74 Å². The first-order chi connectivity index (χ1) is 11.3. The van der Waals surface area contributed by atoms with Crippen LogP contribution in [0.2, 0.25) is 0 Å². The molecule has 0 saturated heterocycles. The van der Waals surface area contributed by atoms with Crippen molar-refractivity contribution >= 4 is 0 Å². The molecule has 0 N–H and O–H groups in total. The molecule has 3 aromatic rings. The molecule has 0 aliphatic heterocycles. The largest absolute Gasteiger partial charge is 0.488 e. The van der Waals surface area contributed by atoms with Gasteiger partial charge in [-0.1, -0.05) is 36.4 Å². The molecule has 1 aromatic heterocycles. The number of ether oxygens (including phenoxy) is 1. The molecule has 3 heteroatoms. The zero-order valence-electron chi connectivity index (χ0n) is 12.9. The minimum atomic E-state index is 0.445. The molecule has 0 unspecified atom stereocenters. The zero-order chi connectivity index (χ0) is 16.1. The lowest BCUT2D eigenvalue weighted by molar-refractivity contribution is 0.305. The molecule has 3 rings (SSSR count). The second-order valence-corrected chi connectivity index (χ2v) is 5.29. The molecule has 0 radical (unpaired) electrons. The topological polar surface area (TPSA) is 45.9 Å². The Hall–Kier alpha value is -3.12. The molecule has 0 atom stereocenters. The number of rotatable bonds is 4. The van der Waals surface area contributed by atoms with E-state index in [0.29, 0.717) is 17.9 Å². The van der Waals surface area contributed by atoms with Crippen LogP contribution in [0, 0.1) is 18.3 Å². The first kappa shape index (κ1) is 14.8. The Bertz CT molecular complexity index is 851. The fraction of sp³-hybridized carbons (Fsp3) is 0.100. The van der Waals surface area contributed by atoms with Crippen LogP contribution >= 0.6 is 0 Å². The minimum Gasteiger partial charge on any atom is -0.488 e. The van der Waals surface area contributed by atoms with Gasteiger partial charge in [-0.3, -0.25) is 4.98 Å². The predicted molar refractivity (Wildman–Crippen MR) is 89.9 cm³/mol. The molecule has 0 fully saturated rings. The summed E-state index contributed by atoms with van der Waals surface area (Å²) >= 11 is 0. The first-order valence-electron chi connectivity index (χ1n) is 7.40. The summed E-state index contributed by atoms with van der Waals surface area (Å²) in [5.74, 6) is 0.599. The highest BCUT2D eigenvalue weighted by molar-refractivity contribution is 5.69. The highest BCUT2D eigenvalue weighted by Gasteiger charge is 2.08. The van der Waals surface area contributed by atoms with Gasteiger partial charge in [-0.25, -0.2) is 0 Å². The maximum absolute atomic E-state index is 9.41. The molecule has 0 amide bonds. The van der Waals surface area contributed by atoms with Crippen LogP contribution in [0.25, 0.3) is 11.1 Å². The van der Waals surface area contributed by atoms with Gasteiger partial charge >= 0.3 is 0 Å². The van der Waals surface area contributed by atoms with Crippen molar-refractivity contribution < 1.29 is 4.74 Å². The summed E-state index contributed by atoms with van der Waals surface area (Å²) in [5, 5.41) is 9.41. The minimum absolute atomic E-state index is 0.445. The van der Waals surface area contributed by atoms with Crippen molar-refractivity contribution in [3.63, 3.8) is 0 Å². The lowest BCUT2D eigenvalue weighted by Gasteiger charge is -2.10. The Kier molecular flexibility index (Phi) is 4.35. The van der Waals surface area contributed by atoms with Crippen molar-refractivity contribution in [3.05, 3.63) is 83.7 Å². The van der Waals surface area contributed by atoms with Crippen LogP contribution in [-0.4, -0.2) is 4.98 Å². The van der Waals surface area contributed by atoms with E-state index in [-0.39, 0.29) is 0 Å². The second kappa shape index (κ2) is 6.76. The molecule has 0 bridgehead atoms. The van der Waals surface area contributed by atoms with Gasteiger partial charge in [0, 0.05) is 18.0 Å². The molecular weight excluding hydrogens is 284 g/mol.